The highest BCUT2D eigenvalue weighted by atomic mass is 32.2. The quantitative estimate of drug-likeness (QED) is 0.0965. The lowest BCUT2D eigenvalue weighted by Crippen LogP contribution is -2.22. The summed E-state index contributed by atoms with van der Waals surface area (Å²) in [5, 5.41) is 5.76. The topological polar surface area (TPSA) is 98.1 Å². The van der Waals surface area contributed by atoms with Crippen LogP contribution in [0.5, 0.6) is 0 Å². The van der Waals surface area contributed by atoms with Crippen LogP contribution in [0.4, 0.5) is 24.7 Å². The fraction of sp³-hybridized carbons (Fsp3) is 0.290. The van der Waals surface area contributed by atoms with Gasteiger partial charge in [0.25, 0.3) is 0 Å². The number of amides is 2. The number of imidazole rings is 1. The van der Waals surface area contributed by atoms with Crippen molar-refractivity contribution in [2.75, 3.05) is 23.5 Å². The highest BCUT2D eigenvalue weighted by molar-refractivity contribution is 7.98. The number of aromatic nitrogens is 3. The summed E-state index contributed by atoms with van der Waals surface area (Å²) in [5.41, 5.74) is 1.67. The van der Waals surface area contributed by atoms with Gasteiger partial charge in [-0.2, -0.15) is 0 Å². The molecule has 2 aromatic carbocycles. The minimum atomic E-state index is -1.34. The fourth-order valence-electron chi connectivity index (χ4n) is 4.39. The van der Waals surface area contributed by atoms with Crippen LogP contribution in [-0.4, -0.2) is 47.3 Å². The van der Waals surface area contributed by atoms with Crippen molar-refractivity contribution in [1.29, 1.82) is 0 Å². The number of halogens is 3. The first-order valence-corrected chi connectivity index (χ1v) is 18.8. The minimum Gasteiger partial charge on any atom is -0.361 e. The van der Waals surface area contributed by atoms with Crippen LogP contribution < -0.4 is 10.6 Å². The zero-order valence-corrected chi connectivity index (χ0v) is 26.9. The average molecular weight is 642 g/mol. The van der Waals surface area contributed by atoms with E-state index >= 15 is 0 Å². The van der Waals surface area contributed by atoms with Crippen molar-refractivity contribution < 1.29 is 27.5 Å². The fourth-order valence-corrected chi connectivity index (χ4v) is 5.69. The first-order chi connectivity index (χ1) is 20.9. The average Bonchev–Trinajstić information content (AvgIpc) is 3.32. The first-order valence-electron chi connectivity index (χ1n) is 13.8. The highest BCUT2D eigenvalue weighted by Gasteiger charge is 2.23. The van der Waals surface area contributed by atoms with Gasteiger partial charge in [-0.25, -0.2) is 23.1 Å². The number of rotatable bonds is 12. The summed E-state index contributed by atoms with van der Waals surface area (Å²) in [6.07, 6.45) is 2.82. The Kier molecular flexibility index (Phi) is 10.7. The molecule has 44 heavy (non-hydrogen) atoms. The van der Waals surface area contributed by atoms with Crippen molar-refractivity contribution in [2.24, 2.45) is 0 Å². The molecule has 2 aromatic heterocycles. The number of anilines is 2. The molecule has 0 bridgehead atoms. The monoisotopic (exact) mass is 641 g/mol. The maximum atomic E-state index is 14.9. The van der Waals surface area contributed by atoms with E-state index in [9.17, 15) is 22.8 Å². The van der Waals surface area contributed by atoms with Crippen molar-refractivity contribution in [3.63, 3.8) is 0 Å². The Morgan fingerprint density at radius 2 is 1.70 bits per heavy atom. The third kappa shape index (κ3) is 8.36. The second-order valence-corrected chi connectivity index (χ2v) is 17.7. The molecule has 8 nitrogen and oxygen atoms in total. The maximum Gasteiger partial charge on any atom is 0.229 e. The van der Waals surface area contributed by atoms with Crippen LogP contribution in [0.3, 0.4) is 0 Å². The van der Waals surface area contributed by atoms with E-state index in [1.807, 2.05) is 10.8 Å². The van der Waals surface area contributed by atoms with Crippen LogP contribution in [0.1, 0.15) is 12.5 Å². The molecule has 13 heteroatoms. The number of hydrogen-bond donors (Lipinski definition) is 2. The number of thioether (sulfide) groups is 1. The predicted molar refractivity (Wildman–Crippen MR) is 170 cm³/mol. The van der Waals surface area contributed by atoms with Gasteiger partial charge >= 0.3 is 0 Å². The molecule has 0 saturated heterocycles. The molecule has 0 spiro atoms. The number of ether oxygens (including phenoxy) is 1. The van der Waals surface area contributed by atoms with Crippen LogP contribution in [-0.2, 0) is 27.5 Å². The van der Waals surface area contributed by atoms with E-state index < -0.39 is 43.4 Å². The smallest absolute Gasteiger partial charge is 0.229 e. The second-order valence-electron chi connectivity index (χ2n) is 11.3. The van der Waals surface area contributed by atoms with Gasteiger partial charge < -0.3 is 15.4 Å². The summed E-state index contributed by atoms with van der Waals surface area (Å²) < 4.78 is 51.2. The van der Waals surface area contributed by atoms with Crippen molar-refractivity contribution in [3.05, 3.63) is 77.7 Å². The van der Waals surface area contributed by atoms with Crippen LogP contribution in [0.2, 0.25) is 25.7 Å². The SMILES string of the molecule is CSc1nc(-c2ccc(F)c(NC(=O)Cc3c(F)cccc3F)c2)c(-c2ccnc(NC(C)=O)c2)n1COCC[Si](C)(C)C. The molecule has 0 fully saturated rings. The number of benzene rings is 2. The summed E-state index contributed by atoms with van der Waals surface area (Å²) >= 11 is 1.40. The summed E-state index contributed by atoms with van der Waals surface area (Å²) in [6, 6.07) is 11.9. The van der Waals surface area contributed by atoms with Crippen LogP contribution >= 0.6 is 11.8 Å². The van der Waals surface area contributed by atoms with Crippen molar-refractivity contribution in [1.82, 2.24) is 14.5 Å². The molecule has 0 saturated carbocycles. The highest BCUT2D eigenvalue weighted by Crippen LogP contribution is 2.37. The third-order valence-corrected chi connectivity index (χ3v) is 8.96. The van der Waals surface area contributed by atoms with Crippen LogP contribution in [0.15, 0.2) is 59.9 Å². The second kappa shape index (κ2) is 14.2. The Balaban J connectivity index is 1.74. The molecule has 0 unspecified atom stereocenters. The lowest BCUT2D eigenvalue weighted by molar-refractivity contribution is -0.116. The Labute approximate surface area is 259 Å². The van der Waals surface area contributed by atoms with Crippen LogP contribution in [0, 0.1) is 17.5 Å². The molecule has 232 valence electrons. The van der Waals surface area contributed by atoms with E-state index in [1.54, 1.807) is 18.3 Å². The maximum absolute atomic E-state index is 14.9. The van der Waals surface area contributed by atoms with Gasteiger partial charge in [0.2, 0.25) is 11.8 Å². The molecule has 2 N–H and O–H groups in total. The first kappa shape index (κ1) is 33.0. The predicted octanol–water partition coefficient (Wildman–Crippen LogP) is 7.20. The lowest BCUT2D eigenvalue weighted by atomic mass is 10.0. The van der Waals surface area contributed by atoms with E-state index in [-0.39, 0.29) is 18.3 Å². The molecule has 4 aromatic rings. The number of pyridine rings is 1. The van der Waals surface area contributed by atoms with Gasteiger partial charge in [-0.1, -0.05) is 37.5 Å². The van der Waals surface area contributed by atoms with Crippen molar-refractivity contribution >= 4 is 43.2 Å². The molecule has 4 rings (SSSR count). The largest absolute Gasteiger partial charge is 0.361 e. The zero-order chi connectivity index (χ0) is 32.0. The van der Waals surface area contributed by atoms with E-state index in [0.29, 0.717) is 40.1 Å². The van der Waals surface area contributed by atoms with Gasteiger partial charge in [0, 0.05) is 44.5 Å². The Hall–Kier alpha value is -3.94. The number of nitrogens with one attached hydrogen (secondary N) is 2. The zero-order valence-electron chi connectivity index (χ0n) is 25.1. The van der Waals surface area contributed by atoms with Crippen molar-refractivity contribution in [2.45, 2.75) is 50.9 Å². The number of carbonyl (C=O) groups is 2. The van der Waals surface area contributed by atoms with Gasteiger partial charge in [-0.3, -0.25) is 14.2 Å². The molecule has 2 amide bonds. The molecule has 0 radical (unpaired) electrons. The molecule has 0 aliphatic heterocycles. The van der Waals surface area contributed by atoms with Gasteiger partial charge in [0.05, 0.1) is 23.5 Å². The van der Waals surface area contributed by atoms with E-state index in [1.165, 1.54) is 43.0 Å². The normalized spacial score (nSPS) is 11.5. The van der Waals surface area contributed by atoms with Gasteiger partial charge in [0.15, 0.2) is 5.16 Å². The Morgan fingerprint density at radius 1 is 0.977 bits per heavy atom. The van der Waals surface area contributed by atoms with Gasteiger partial charge in [0.1, 0.15) is 30.0 Å². The van der Waals surface area contributed by atoms with Crippen LogP contribution in [0.25, 0.3) is 22.5 Å². The molecule has 0 aliphatic rings. The van der Waals surface area contributed by atoms with E-state index in [4.69, 9.17) is 9.72 Å². The molecule has 0 aliphatic carbocycles. The van der Waals surface area contributed by atoms with Crippen molar-refractivity contribution in [3.8, 4) is 22.5 Å². The molecule has 0 atom stereocenters. The van der Waals surface area contributed by atoms with E-state index in [2.05, 4.69) is 35.3 Å². The molecular formula is C31H34F3N5O3SSi. The number of nitrogens with zero attached hydrogens (tertiary/aromatic N) is 3. The summed E-state index contributed by atoms with van der Waals surface area (Å²) in [7, 11) is -1.34. The number of carbonyl (C=O) groups excluding carboxylic acids is 2. The Morgan fingerprint density at radius 3 is 2.36 bits per heavy atom. The van der Waals surface area contributed by atoms with Gasteiger partial charge in [-0.15, -0.1) is 0 Å². The molecular weight excluding hydrogens is 608 g/mol. The standard InChI is InChI=1S/C31H34F3N5O3SSi/c1-19(40)36-27-16-21(11-12-35-27)30-29(38-31(43-2)39(30)18-42-13-14-44(3,4)5)20-9-10-25(34)26(15-20)37-28(41)17-22-23(32)7-6-8-24(22)33/h6-12,15-16H,13-14,17-18H2,1-5H3,(H,37,41)(H,35,36,40). The third-order valence-electron chi connectivity index (χ3n) is 6.58. The Bertz CT molecular complexity index is 1660. The summed E-state index contributed by atoms with van der Waals surface area (Å²) in [4.78, 5) is 33.5. The summed E-state index contributed by atoms with van der Waals surface area (Å²) in [6.45, 7) is 8.95. The van der Waals surface area contributed by atoms with Gasteiger partial charge in [-0.05, 0) is 54.8 Å². The minimum absolute atomic E-state index is 0.171. The van der Waals surface area contributed by atoms with E-state index in [0.717, 1.165) is 18.2 Å². The lowest BCUT2D eigenvalue weighted by Gasteiger charge is -2.17. The number of hydrogen-bond acceptors (Lipinski definition) is 6. The molecule has 2 heterocycles. The summed E-state index contributed by atoms with van der Waals surface area (Å²) in [5.74, 6) is -3.18.